The number of benzene rings is 1. The van der Waals surface area contributed by atoms with Gasteiger partial charge in [-0.1, -0.05) is 23.8 Å². The number of carbonyl (C=O) groups is 1. The number of hydrogen-bond acceptors (Lipinski definition) is 3. The van der Waals surface area contributed by atoms with Gasteiger partial charge in [0.25, 0.3) is 0 Å². The van der Waals surface area contributed by atoms with Crippen LogP contribution in [0.4, 0.5) is 11.4 Å². The highest BCUT2D eigenvalue weighted by atomic mass is 35.5. The van der Waals surface area contributed by atoms with E-state index < -0.39 is 0 Å². The Hall–Kier alpha value is -1.52. The molecule has 0 radical (unpaired) electrons. The number of anilines is 2. The van der Waals surface area contributed by atoms with E-state index in [1.807, 2.05) is 37.2 Å². The summed E-state index contributed by atoms with van der Waals surface area (Å²) in [4.78, 5) is 14.1. The largest absolute Gasteiger partial charge is 0.376 e. The molecule has 1 aliphatic rings. The van der Waals surface area contributed by atoms with Crippen molar-refractivity contribution in [3.8, 4) is 0 Å². The first-order chi connectivity index (χ1) is 8.97. The van der Waals surface area contributed by atoms with Gasteiger partial charge in [-0.05, 0) is 24.6 Å². The van der Waals surface area contributed by atoms with Crippen LogP contribution in [0.3, 0.4) is 0 Å². The number of halogens is 1. The molecule has 0 spiro atoms. The molecule has 2 atom stereocenters. The van der Waals surface area contributed by atoms with Crippen LogP contribution < -0.4 is 16.0 Å². The normalized spacial score (nSPS) is 21.5. The zero-order valence-electron chi connectivity index (χ0n) is 11.1. The lowest BCUT2D eigenvalue weighted by molar-refractivity contribution is -0.118. The van der Waals surface area contributed by atoms with Gasteiger partial charge in [0.1, 0.15) is 0 Å². The van der Waals surface area contributed by atoms with Crippen molar-refractivity contribution >= 4 is 28.9 Å². The predicted octanol–water partition coefficient (Wildman–Crippen LogP) is 2.25. The molecule has 2 rings (SSSR count). The third kappa shape index (κ3) is 3.28. The Labute approximate surface area is 118 Å². The first-order valence-corrected chi connectivity index (χ1v) is 6.57. The van der Waals surface area contributed by atoms with E-state index >= 15 is 0 Å². The smallest absolute Gasteiger partial charge is 0.231 e. The van der Waals surface area contributed by atoms with Gasteiger partial charge >= 0.3 is 0 Å². The SMILES string of the molecule is CN(C)c1ccc(Cl)cc1NC(=O)C1C=CC(N)C1. The van der Waals surface area contributed by atoms with Gasteiger partial charge in [0.2, 0.25) is 5.91 Å². The molecule has 0 bridgehead atoms. The van der Waals surface area contributed by atoms with Crippen molar-refractivity contribution < 1.29 is 4.79 Å². The van der Waals surface area contributed by atoms with Crippen molar-refractivity contribution in [1.82, 2.24) is 0 Å². The van der Waals surface area contributed by atoms with E-state index in [2.05, 4.69) is 5.32 Å². The van der Waals surface area contributed by atoms with Gasteiger partial charge in [-0.2, -0.15) is 0 Å². The molecule has 0 aliphatic heterocycles. The van der Waals surface area contributed by atoms with Crippen LogP contribution in [0.25, 0.3) is 0 Å². The first-order valence-electron chi connectivity index (χ1n) is 6.19. The molecule has 102 valence electrons. The fourth-order valence-electron chi connectivity index (χ4n) is 2.15. The van der Waals surface area contributed by atoms with Crippen molar-refractivity contribution in [1.29, 1.82) is 0 Å². The Bertz CT molecular complexity index is 513. The van der Waals surface area contributed by atoms with E-state index in [4.69, 9.17) is 17.3 Å². The van der Waals surface area contributed by atoms with Crippen LogP contribution in [0.2, 0.25) is 5.02 Å². The fourth-order valence-corrected chi connectivity index (χ4v) is 2.32. The summed E-state index contributed by atoms with van der Waals surface area (Å²) in [6.45, 7) is 0. The van der Waals surface area contributed by atoms with Gasteiger partial charge in [-0.15, -0.1) is 0 Å². The average molecular weight is 280 g/mol. The molecule has 19 heavy (non-hydrogen) atoms. The standard InChI is InChI=1S/C14H18ClN3O/c1-18(2)13-6-4-10(15)8-12(13)17-14(19)9-3-5-11(16)7-9/h3-6,8-9,11H,7,16H2,1-2H3,(H,17,19). The minimum atomic E-state index is -0.163. The zero-order valence-corrected chi connectivity index (χ0v) is 11.8. The number of hydrogen-bond donors (Lipinski definition) is 2. The minimum Gasteiger partial charge on any atom is -0.376 e. The van der Waals surface area contributed by atoms with E-state index in [-0.39, 0.29) is 17.9 Å². The van der Waals surface area contributed by atoms with Gasteiger partial charge < -0.3 is 16.0 Å². The van der Waals surface area contributed by atoms with Gasteiger partial charge in [0, 0.05) is 25.2 Å². The second-order valence-corrected chi connectivity index (χ2v) is 5.37. The second-order valence-electron chi connectivity index (χ2n) is 4.94. The number of nitrogens with two attached hydrogens (primary N) is 1. The molecule has 5 heteroatoms. The van der Waals surface area contributed by atoms with Crippen molar-refractivity contribution in [3.05, 3.63) is 35.4 Å². The summed E-state index contributed by atoms with van der Waals surface area (Å²) in [5.74, 6) is -0.210. The lowest BCUT2D eigenvalue weighted by Gasteiger charge is -2.19. The predicted molar refractivity (Wildman–Crippen MR) is 79.6 cm³/mol. The zero-order chi connectivity index (χ0) is 14.0. The lowest BCUT2D eigenvalue weighted by Crippen LogP contribution is -2.25. The highest BCUT2D eigenvalue weighted by Gasteiger charge is 2.23. The molecule has 0 saturated heterocycles. The molecule has 1 amide bonds. The molecule has 0 aromatic heterocycles. The van der Waals surface area contributed by atoms with Crippen molar-refractivity contribution in [3.63, 3.8) is 0 Å². The topological polar surface area (TPSA) is 58.4 Å². The van der Waals surface area contributed by atoms with Crippen LogP contribution in [-0.2, 0) is 4.79 Å². The summed E-state index contributed by atoms with van der Waals surface area (Å²) in [6, 6.07) is 5.42. The van der Waals surface area contributed by atoms with Crippen LogP contribution in [0.1, 0.15) is 6.42 Å². The maximum Gasteiger partial charge on any atom is 0.231 e. The molecule has 0 fully saturated rings. The molecule has 3 N–H and O–H groups in total. The van der Waals surface area contributed by atoms with Gasteiger partial charge in [-0.25, -0.2) is 0 Å². The van der Waals surface area contributed by atoms with Crippen molar-refractivity contribution in [2.75, 3.05) is 24.3 Å². The van der Waals surface area contributed by atoms with Crippen molar-refractivity contribution in [2.45, 2.75) is 12.5 Å². The summed E-state index contributed by atoms with van der Waals surface area (Å²) >= 11 is 5.98. The monoisotopic (exact) mass is 279 g/mol. The quantitative estimate of drug-likeness (QED) is 0.835. The van der Waals surface area contributed by atoms with E-state index in [1.54, 1.807) is 12.1 Å². The van der Waals surface area contributed by atoms with Gasteiger partial charge in [0.15, 0.2) is 0 Å². The van der Waals surface area contributed by atoms with E-state index in [1.165, 1.54) is 0 Å². The molecule has 1 aromatic rings. The molecule has 1 aliphatic carbocycles. The van der Waals surface area contributed by atoms with Crippen LogP contribution in [0.5, 0.6) is 0 Å². The number of rotatable bonds is 3. The number of amides is 1. The molecule has 0 heterocycles. The number of nitrogens with one attached hydrogen (secondary N) is 1. The Morgan fingerprint density at radius 3 is 2.74 bits per heavy atom. The Morgan fingerprint density at radius 2 is 2.16 bits per heavy atom. The third-order valence-electron chi connectivity index (χ3n) is 3.15. The van der Waals surface area contributed by atoms with Crippen LogP contribution in [0.15, 0.2) is 30.4 Å². The summed E-state index contributed by atoms with van der Waals surface area (Å²) in [5, 5.41) is 3.52. The highest BCUT2D eigenvalue weighted by molar-refractivity contribution is 6.31. The Kier molecular flexibility index (Phi) is 4.12. The van der Waals surface area contributed by atoms with Crippen molar-refractivity contribution in [2.24, 2.45) is 11.7 Å². The van der Waals surface area contributed by atoms with E-state index in [0.29, 0.717) is 11.4 Å². The van der Waals surface area contributed by atoms with Gasteiger partial charge in [-0.3, -0.25) is 4.79 Å². The molecule has 0 saturated carbocycles. The molecule has 4 nitrogen and oxygen atoms in total. The van der Waals surface area contributed by atoms with Gasteiger partial charge in [0.05, 0.1) is 17.3 Å². The Balaban J connectivity index is 2.16. The van der Waals surface area contributed by atoms with E-state index in [0.717, 1.165) is 11.4 Å². The molecule has 2 unspecified atom stereocenters. The van der Waals surface area contributed by atoms with Crippen LogP contribution in [-0.4, -0.2) is 26.0 Å². The molecular formula is C14H18ClN3O. The average Bonchev–Trinajstić information content (AvgIpc) is 2.75. The highest BCUT2D eigenvalue weighted by Crippen LogP contribution is 2.29. The summed E-state index contributed by atoms with van der Waals surface area (Å²) in [5.41, 5.74) is 7.40. The number of nitrogens with zero attached hydrogens (tertiary/aromatic N) is 1. The first kappa shape index (κ1) is 13.9. The van der Waals surface area contributed by atoms with Crippen LogP contribution in [0, 0.1) is 5.92 Å². The third-order valence-corrected chi connectivity index (χ3v) is 3.39. The molecular weight excluding hydrogens is 262 g/mol. The summed E-state index contributed by atoms with van der Waals surface area (Å²) < 4.78 is 0. The summed E-state index contributed by atoms with van der Waals surface area (Å²) in [6.07, 6.45) is 4.39. The van der Waals surface area contributed by atoms with Crippen LogP contribution >= 0.6 is 11.6 Å². The second kappa shape index (κ2) is 5.63. The molecule has 1 aromatic carbocycles. The maximum atomic E-state index is 12.2. The Morgan fingerprint density at radius 1 is 1.42 bits per heavy atom. The summed E-state index contributed by atoms with van der Waals surface area (Å²) in [7, 11) is 3.84. The fraction of sp³-hybridized carbons (Fsp3) is 0.357. The maximum absolute atomic E-state index is 12.2. The van der Waals surface area contributed by atoms with E-state index in [9.17, 15) is 4.79 Å². The lowest BCUT2D eigenvalue weighted by atomic mass is 10.1. The number of carbonyl (C=O) groups excluding carboxylic acids is 1. The minimum absolute atomic E-state index is 0.0246.